The van der Waals surface area contributed by atoms with E-state index in [0.717, 1.165) is 34.6 Å². The van der Waals surface area contributed by atoms with Crippen LogP contribution < -0.4 is 0 Å². The Bertz CT molecular complexity index is 542. The Balaban J connectivity index is 3.32. The van der Waals surface area contributed by atoms with Crippen LogP contribution in [0, 0.1) is 0 Å². The van der Waals surface area contributed by atoms with Crippen molar-refractivity contribution >= 4 is 29.8 Å². The molecule has 146 valence electrons. The highest BCUT2D eigenvalue weighted by molar-refractivity contribution is 5.70. The van der Waals surface area contributed by atoms with Crippen molar-refractivity contribution < 1.29 is 47.7 Å². The van der Waals surface area contributed by atoms with Gasteiger partial charge in [0, 0.05) is 41.0 Å². The van der Waals surface area contributed by atoms with E-state index in [1.807, 2.05) is 0 Å². The molecule has 0 spiro atoms. The van der Waals surface area contributed by atoms with Crippen molar-refractivity contribution in [2.24, 2.45) is 0 Å². The standard InChI is InChI=1S/C16H22O10/c1-7(17)22-12-6-13(23-8(2)18)15(25-10(4)20)16(26-11(5)21)14(12)24-9(3)19/h12-16H,6H2,1-5H3/t12-,13?,14+,15-,16?/m1/s1. The van der Waals surface area contributed by atoms with Gasteiger partial charge in [0.15, 0.2) is 18.3 Å². The van der Waals surface area contributed by atoms with Crippen LogP contribution in [0.5, 0.6) is 0 Å². The molecule has 0 aliphatic heterocycles. The van der Waals surface area contributed by atoms with Crippen LogP contribution in [0.25, 0.3) is 0 Å². The third kappa shape index (κ3) is 6.34. The molecule has 0 aromatic rings. The molecule has 0 bridgehead atoms. The zero-order valence-electron chi connectivity index (χ0n) is 15.2. The minimum atomic E-state index is -1.33. The molecule has 0 aromatic heterocycles. The Morgan fingerprint density at radius 2 is 0.769 bits per heavy atom. The number of ether oxygens (including phenoxy) is 5. The van der Waals surface area contributed by atoms with Crippen molar-refractivity contribution in [1.82, 2.24) is 0 Å². The maximum absolute atomic E-state index is 11.5. The molecule has 1 aliphatic carbocycles. The molecular formula is C16H22O10. The van der Waals surface area contributed by atoms with Crippen LogP contribution in [0.2, 0.25) is 0 Å². The van der Waals surface area contributed by atoms with Crippen molar-refractivity contribution in [3.05, 3.63) is 0 Å². The number of hydrogen-bond acceptors (Lipinski definition) is 10. The number of esters is 5. The minimum absolute atomic E-state index is 0.118. The maximum Gasteiger partial charge on any atom is 0.303 e. The van der Waals surface area contributed by atoms with Crippen molar-refractivity contribution in [2.75, 3.05) is 0 Å². The highest BCUT2D eigenvalue weighted by atomic mass is 16.6. The van der Waals surface area contributed by atoms with E-state index in [0.29, 0.717) is 0 Å². The van der Waals surface area contributed by atoms with Crippen molar-refractivity contribution in [3.63, 3.8) is 0 Å². The fraction of sp³-hybridized carbons (Fsp3) is 0.688. The molecule has 0 aromatic carbocycles. The first-order valence-corrected chi connectivity index (χ1v) is 7.87. The number of rotatable bonds is 5. The van der Waals surface area contributed by atoms with Crippen LogP contribution in [0.1, 0.15) is 41.0 Å². The van der Waals surface area contributed by atoms with Gasteiger partial charge >= 0.3 is 29.8 Å². The smallest absolute Gasteiger partial charge is 0.303 e. The van der Waals surface area contributed by atoms with Gasteiger partial charge in [0.1, 0.15) is 12.2 Å². The predicted octanol–water partition coefficient (Wildman–Crippen LogP) is 0.0486. The van der Waals surface area contributed by atoms with Crippen molar-refractivity contribution in [3.8, 4) is 0 Å². The summed E-state index contributed by atoms with van der Waals surface area (Å²) in [6, 6.07) is 0. The molecular weight excluding hydrogens is 352 g/mol. The van der Waals surface area contributed by atoms with Gasteiger partial charge in [-0.05, 0) is 0 Å². The normalized spacial score (nSPS) is 27.7. The molecule has 1 rings (SSSR count). The van der Waals surface area contributed by atoms with Gasteiger partial charge < -0.3 is 23.7 Å². The van der Waals surface area contributed by atoms with Crippen molar-refractivity contribution in [2.45, 2.75) is 71.6 Å². The van der Waals surface area contributed by atoms with E-state index in [1.54, 1.807) is 0 Å². The molecule has 0 saturated heterocycles. The summed E-state index contributed by atoms with van der Waals surface area (Å²) in [6.45, 7) is 5.63. The van der Waals surface area contributed by atoms with Gasteiger partial charge in [-0.25, -0.2) is 0 Å². The number of carbonyl (C=O) groups excluding carboxylic acids is 5. The van der Waals surface area contributed by atoms with E-state index in [9.17, 15) is 24.0 Å². The third-order valence-electron chi connectivity index (χ3n) is 3.39. The first-order valence-electron chi connectivity index (χ1n) is 7.87. The van der Waals surface area contributed by atoms with Crippen LogP contribution >= 0.6 is 0 Å². The monoisotopic (exact) mass is 374 g/mol. The van der Waals surface area contributed by atoms with Gasteiger partial charge in [0.05, 0.1) is 0 Å². The van der Waals surface area contributed by atoms with Gasteiger partial charge in [0.2, 0.25) is 0 Å². The molecule has 2 unspecified atom stereocenters. The summed E-state index contributed by atoms with van der Waals surface area (Å²) in [5.74, 6) is -3.56. The molecule has 10 heteroatoms. The average molecular weight is 374 g/mol. The quantitative estimate of drug-likeness (QED) is 0.480. The minimum Gasteiger partial charge on any atom is -0.458 e. The fourth-order valence-electron chi connectivity index (χ4n) is 2.76. The third-order valence-corrected chi connectivity index (χ3v) is 3.39. The van der Waals surface area contributed by atoms with Gasteiger partial charge in [0.25, 0.3) is 0 Å². The highest BCUT2D eigenvalue weighted by Crippen LogP contribution is 2.32. The SMILES string of the molecule is CC(=O)OC1C[C@@H](OC(C)=O)[C@H](OC(C)=O)C(OC(C)=O)[C@@H]1OC(C)=O. The van der Waals surface area contributed by atoms with E-state index in [4.69, 9.17) is 23.7 Å². The summed E-state index contributed by atoms with van der Waals surface area (Å²) in [4.78, 5) is 57.2. The number of hydrogen-bond donors (Lipinski definition) is 0. The van der Waals surface area contributed by atoms with Crippen LogP contribution in [0.3, 0.4) is 0 Å². The Kier molecular flexibility index (Phi) is 7.54. The summed E-state index contributed by atoms with van der Waals surface area (Å²) in [7, 11) is 0. The molecule has 1 aliphatic rings. The summed E-state index contributed by atoms with van der Waals surface area (Å²) in [5, 5.41) is 0. The lowest BCUT2D eigenvalue weighted by Crippen LogP contribution is -2.61. The molecule has 5 atom stereocenters. The van der Waals surface area contributed by atoms with E-state index in [1.165, 1.54) is 0 Å². The zero-order chi connectivity index (χ0) is 20.0. The lowest BCUT2D eigenvalue weighted by Gasteiger charge is -2.43. The average Bonchev–Trinajstić information content (AvgIpc) is 2.44. The highest BCUT2D eigenvalue weighted by Gasteiger charge is 2.53. The van der Waals surface area contributed by atoms with Crippen LogP contribution in [-0.4, -0.2) is 60.4 Å². The van der Waals surface area contributed by atoms with Gasteiger partial charge in [-0.15, -0.1) is 0 Å². The van der Waals surface area contributed by atoms with E-state index in [2.05, 4.69) is 0 Å². The van der Waals surface area contributed by atoms with Gasteiger partial charge in [-0.1, -0.05) is 0 Å². The summed E-state index contributed by atoms with van der Waals surface area (Å²) in [5.41, 5.74) is 0. The Labute approximate surface area is 150 Å². The Hall–Kier alpha value is -2.65. The molecule has 0 radical (unpaired) electrons. The van der Waals surface area contributed by atoms with E-state index in [-0.39, 0.29) is 6.42 Å². The van der Waals surface area contributed by atoms with Crippen LogP contribution in [-0.2, 0) is 47.7 Å². The lowest BCUT2D eigenvalue weighted by molar-refractivity contribution is -0.230. The van der Waals surface area contributed by atoms with Gasteiger partial charge in [-0.3, -0.25) is 24.0 Å². The van der Waals surface area contributed by atoms with Crippen LogP contribution in [0.15, 0.2) is 0 Å². The van der Waals surface area contributed by atoms with Crippen LogP contribution in [0.4, 0.5) is 0 Å². The summed E-state index contributed by atoms with van der Waals surface area (Å²) >= 11 is 0. The molecule has 1 saturated carbocycles. The fourth-order valence-corrected chi connectivity index (χ4v) is 2.76. The molecule has 26 heavy (non-hydrogen) atoms. The second kappa shape index (κ2) is 9.16. The molecule has 0 amide bonds. The molecule has 0 heterocycles. The Morgan fingerprint density at radius 3 is 1.04 bits per heavy atom. The Morgan fingerprint density at radius 1 is 0.500 bits per heavy atom. The topological polar surface area (TPSA) is 132 Å². The van der Waals surface area contributed by atoms with E-state index >= 15 is 0 Å². The predicted molar refractivity (Wildman–Crippen MR) is 82.4 cm³/mol. The first-order chi connectivity index (χ1) is 12.0. The lowest BCUT2D eigenvalue weighted by atomic mass is 9.86. The maximum atomic E-state index is 11.5. The second-order valence-corrected chi connectivity index (χ2v) is 5.75. The zero-order valence-corrected chi connectivity index (χ0v) is 15.2. The molecule has 10 nitrogen and oxygen atoms in total. The first kappa shape index (κ1) is 21.4. The van der Waals surface area contributed by atoms with E-state index < -0.39 is 60.4 Å². The van der Waals surface area contributed by atoms with Gasteiger partial charge in [-0.2, -0.15) is 0 Å². The number of carbonyl (C=O) groups is 5. The summed E-state index contributed by atoms with van der Waals surface area (Å²) in [6.07, 6.45) is -6.07. The summed E-state index contributed by atoms with van der Waals surface area (Å²) < 4.78 is 25.8. The molecule has 1 fully saturated rings. The second-order valence-electron chi connectivity index (χ2n) is 5.75. The van der Waals surface area contributed by atoms with Crippen molar-refractivity contribution in [1.29, 1.82) is 0 Å². The molecule has 0 N–H and O–H groups in total. The largest absolute Gasteiger partial charge is 0.458 e.